The summed E-state index contributed by atoms with van der Waals surface area (Å²) in [6.07, 6.45) is 1.62. The van der Waals surface area contributed by atoms with Crippen molar-refractivity contribution in [2.24, 2.45) is 7.05 Å². The molecule has 0 unspecified atom stereocenters. The number of hydrogen-bond acceptors (Lipinski definition) is 3. The Morgan fingerprint density at radius 3 is 2.71 bits per heavy atom. The molecular formula is C11H11BrClN3O. The maximum atomic E-state index is 5.97. The molecule has 0 fully saturated rings. The smallest absolute Gasteiger partial charge is 0.171 e. The molecule has 6 heteroatoms. The van der Waals surface area contributed by atoms with Crippen LogP contribution in [0.25, 0.3) is 0 Å². The van der Waals surface area contributed by atoms with Crippen molar-refractivity contribution in [1.82, 2.24) is 14.8 Å². The Bertz CT molecular complexity index is 568. The van der Waals surface area contributed by atoms with Crippen molar-refractivity contribution in [3.05, 3.63) is 33.3 Å². The molecule has 2 heterocycles. The Labute approximate surface area is 113 Å². The molecule has 0 aromatic carbocycles. The third-order valence-corrected chi connectivity index (χ3v) is 3.15. The summed E-state index contributed by atoms with van der Waals surface area (Å²) in [5, 5.41) is 4.60. The molecule has 0 amide bonds. The van der Waals surface area contributed by atoms with E-state index in [4.69, 9.17) is 16.3 Å². The van der Waals surface area contributed by atoms with Crippen molar-refractivity contribution >= 4 is 27.5 Å². The van der Waals surface area contributed by atoms with E-state index in [2.05, 4.69) is 26.0 Å². The van der Waals surface area contributed by atoms with Crippen molar-refractivity contribution in [2.45, 2.75) is 13.8 Å². The summed E-state index contributed by atoms with van der Waals surface area (Å²) >= 11 is 9.30. The predicted octanol–water partition coefficient (Wildman–Crippen LogP) is 3.64. The lowest BCUT2D eigenvalue weighted by Gasteiger charge is -2.07. The van der Waals surface area contributed by atoms with Crippen molar-refractivity contribution < 1.29 is 4.74 Å². The third-order valence-electron chi connectivity index (χ3n) is 2.43. The number of pyridine rings is 1. The third kappa shape index (κ3) is 2.45. The van der Waals surface area contributed by atoms with Gasteiger partial charge in [0.25, 0.3) is 0 Å². The van der Waals surface area contributed by atoms with Gasteiger partial charge in [-0.15, -0.1) is 0 Å². The minimum atomic E-state index is 0.329. The van der Waals surface area contributed by atoms with E-state index in [1.807, 2.05) is 20.9 Å². The summed E-state index contributed by atoms with van der Waals surface area (Å²) in [6, 6.07) is 1.78. The molecule has 0 bridgehead atoms. The Morgan fingerprint density at radius 1 is 1.41 bits per heavy atom. The second-order valence-corrected chi connectivity index (χ2v) is 4.94. The molecular weight excluding hydrogens is 305 g/mol. The molecule has 17 heavy (non-hydrogen) atoms. The van der Waals surface area contributed by atoms with Gasteiger partial charge in [-0.25, -0.2) is 4.98 Å². The van der Waals surface area contributed by atoms with Crippen LogP contribution >= 0.6 is 27.5 Å². The fourth-order valence-corrected chi connectivity index (χ4v) is 1.94. The summed E-state index contributed by atoms with van der Waals surface area (Å²) in [4.78, 5) is 4.01. The van der Waals surface area contributed by atoms with Gasteiger partial charge < -0.3 is 4.74 Å². The highest BCUT2D eigenvalue weighted by molar-refractivity contribution is 9.10. The van der Waals surface area contributed by atoms with Crippen molar-refractivity contribution in [3.8, 4) is 11.5 Å². The van der Waals surface area contributed by atoms with E-state index < -0.39 is 0 Å². The molecule has 0 aliphatic carbocycles. The van der Waals surface area contributed by atoms with Gasteiger partial charge in [0.1, 0.15) is 5.69 Å². The van der Waals surface area contributed by atoms with Crippen LogP contribution in [0.2, 0.25) is 5.15 Å². The topological polar surface area (TPSA) is 39.9 Å². The Hall–Kier alpha value is -1.07. The fourth-order valence-electron chi connectivity index (χ4n) is 1.49. The molecule has 0 radical (unpaired) electrons. The standard InChI is InChI=1S/C11H11BrClN3O/c1-6-10(7(2)16(3)15-6)17-9-4-8(12)5-14-11(9)13/h4-5H,1-3H3. The molecule has 0 spiro atoms. The molecule has 4 nitrogen and oxygen atoms in total. The lowest BCUT2D eigenvalue weighted by atomic mass is 10.3. The van der Waals surface area contributed by atoms with Crippen molar-refractivity contribution in [3.63, 3.8) is 0 Å². The van der Waals surface area contributed by atoms with Crippen LogP contribution in [0.3, 0.4) is 0 Å². The first-order valence-electron chi connectivity index (χ1n) is 4.98. The number of ether oxygens (including phenoxy) is 1. The monoisotopic (exact) mass is 315 g/mol. The highest BCUT2D eigenvalue weighted by Gasteiger charge is 2.14. The molecule has 0 saturated carbocycles. The summed E-state index contributed by atoms with van der Waals surface area (Å²) in [5.74, 6) is 1.23. The maximum Gasteiger partial charge on any atom is 0.171 e. The van der Waals surface area contributed by atoms with Gasteiger partial charge in [0.15, 0.2) is 16.7 Å². The molecule has 2 aromatic heterocycles. The van der Waals surface area contributed by atoms with Crippen LogP contribution < -0.4 is 4.74 Å². The molecule has 2 rings (SSSR count). The first-order valence-corrected chi connectivity index (χ1v) is 6.15. The summed E-state index contributed by atoms with van der Waals surface area (Å²) < 4.78 is 8.35. The zero-order valence-corrected chi connectivity index (χ0v) is 12.0. The van der Waals surface area contributed by atoms with Crippen LogP contribution in [0, 0.1) is 13.8 Å². The normalized spacial score (nSPS) is 10.6. The summed E-state index contributed by atoms with van der Waals surface area (Å²) in [5.41, 5.74) is 1.76. The highest BCUT2D eigenvalue weighted by atomic mass is 79.9. The van der Waals surface area contributed by atoms with Crippen LogP contribution in [0.1, 0.15) is 11.4 Å². The number of aromatic nitrogens is 3. The van der Waals surface area contributed by atoms with E-state index in [0.717, 1.165) is 15.9 Å². The second kappa shape index (κ2) is 4.66. The molecule has 0 N–H and O–H groups in total. The predicted molar refractivity (Wildman–Crippen MR) is 69.7 cm³/mol. The molecule has 0 aliphatic heterocycles. The average Bonchev–Trinajstić information content (AvgIpc) is 2.50. The maximum absolute atomic E-state index is 5.97. The number of nitrogens with zero attached hydrogens (tertiary/aromatic N) is 3. The Morgan fingerprint density at radius 2 is 2.12 bits per heavy atom. The molecule has 0 atom stereocenters. The number of rotatable bonds is 2. The van der Waals surface area contributed by atoms with Gasteiger partial charge in [0, 0.05) is 17.7 Å². The van der Waals surface area contributed by atoms with Gasteiger partial charge in [-0.2, -0.15) is 5.10 Å². The Kier molecular flexibility index (Phi) is 3.40. The quantitative estimate of drug-likeness (QED) is 0.794. The van der Waals surface area contributed by atoms with Gasteiger partial charge in [-0.05, 0) is 35.8 Å². The first-order chi connectivity index (χ1) is 7.99. The van der Waals surface area contributed by atoms with Crippen LogP contribution in [0.4, 0.5) is 0 Å². The number of hydrogen-bond donors (Lipinski definition) is 0. The average molecular weight is 317 g/mol. The summed E-state index contributed by atoms with van der Waals surface area (Å²) in [6.45, 7) is 3.83. The minimum Gasteiger partial charge on any atom is -0.450 e. The zero-order chi connectivity index (χ0) is 12.6. The Balaban J connectivity index is 2.41. The molecule has 0 aliphatic rings. The van der Waals surface area contributed by atoms with E-state index in [0.29, 0.717) is 16.7 Å². The van der Waals surface area contributed by atoms with Gasteiger partial charge >= 0.3 is 0 Å². The molecule has 90 valence electrons. The number of aryl methyl sites for hydroxylation is 2. The van der Waals surface area contributed by atoms with Crippen LogP contribution in [-0.4, -0.2) is 14.8 Å². The highest BCUT2D eigenvalue weighted by Crippen LogP contribution is 2.33. The van der Waals surface area contributed by atoms with Gasteiger partial charge in [0.05, 0.1) is 5.69 Å². The van der Waals surface area contributed by atoms with Gasteiger partial charge in [-0.1, -0.05) is 11.6 Å². The summed E-state index contributed by atoms with van der Waals surface area (Å²) in [7, 11) is 1.87. The minimum absolute atomic E-state index is 0.329. The largest absolute Gasteiger partial charge is 0.450 e. The van der Waals surface area contributed by atoms with Gasteiger partial charge in [-0.3, -0.25) is 4.68 Å². The molecule has 2 aromatic rings. The lowest BCUT2D eigenvalue weighted by molar-refractivity contribution is 0.472. The zero-order valence-electron chi connectivity index (χ0n) is 9.66. The van der Waals surface area contributed by atoms with E-state index in [-0.39, 0.29) is 0 Å². The van der Waals surface area contributed by atoms with E-state index in [1.54, 1.807) is 16.9 Å². The van der Waals surface area contributed by atoms with E-state index >= 15 is 0 Å². The fraction of sp³-hybridized carbons (Fsp3) is 0.273. The van der Waals surface area contributed by atoms with Gasteiger partial charge in [0.2, 0.25) is 0 Å². The number of halogens is 2. The van der Waals surface area contributed by atoms with E-state index in [9.17, 15) is 0 Å². The van der Waals surface area contributed by atoms with Crippen LogP contribution in [0.15, 0.2) is 16.7 Å². The SMILES string of the molecule is Cc1nn(C)c(C)c1Oc1cc(Br)cnc1Cl. The first kappa shape index (κ1) is 12.4. The lowest BCUT2D eigenvalue weighted by Crippen LogP contribution is -1.93. The van der Waals surface area contributed by atoms with Crippen LogP contribution in [-0.2, 0) is 7.05 Å². The van der Waals surface area contributed by atoms with Crippen molar-refractivity contribution in [1.29, 1.82) is 0 Å². The van der Waals surface area contributed by atoms with Crippen LogP contribution in [0.5, 0.6) is 11.5 Å². The van der Waals surface area contributed by atoms with Crippen molar-refractivity contribution in [2.75, 3.05) is 0 Å². The second-order valence-electron chi connectivity index (χ2n) is 3.67. The molecule has 0 saturated heterocycles. The van der Waals surface area contributed by atoms with E-state index in [1.165, 1.54) is 0 Å².